The second kappa shape index (κ2) is 8.28. The minimum absolute atomic E-state index is 0. The van der Waals surface area contributed by atoms with Gasteiger partial charge >= 0.3 is 5.78 Å². The average Bonchev–Trinajstić information content (AvgIpc) is 2.53. The van der Waals surface area contributed by atoms with Gasteiger partial charge in [-0.3, -0.25) is 4.79 Å². The second-order valence-electron chi connectivity index (χ2n) is 7.54. The number of hydrogen-bond acceptors (Lipinski definition) is 2. The number of carbonyl (C=O) groups excluding carboxylic acids is 1. The van der Waals surface area contributed by atoms with E-state index < -0.39 is 0 Å². The first-order valence-corrected chi connectivity index (χ1v) is 8.46. The first kappa shape index (κ1) is 22.3. The summed E-state index contributed by atoms with van der Waals surface area (Å²) in [6, 6.07) is 13.9. The van der Waals surface area contributed by atoms with Crippen LogP contribution in [0.3, 0.4) is 0 Å². The van der Waals surface area contributed by atoms with Crippen molar-refractivity contribution in [2.24, 2.45) is 0 Å². The number of aliphatic hydroxyl groups excluding tert-OH is 1. The van der Waals surface area contributed by atoms with E-state index in [2.05, 4.69) is 56.9 Å². The minimum Gasteiger partial charge on any atom is -0.512 e. The normalized spacial score (nSPS) is 16.2. The van der Waals surface area contributed by atoms with Crippen LogP contribution in [0.5, 0.6) is 0 Å². The third kappa shape index (κ3) is 4.13. The van der Waals surface area contributed by atoms with Crippen molar-refractivity contribution in [2.45, 2.75) is 52.4 Å². The van der Waals surface area contributed by atoms with Gasteiger partial charge < -0.3 is 10.1 Å². The molecule has 1 aliphatic carbocycles. The molecule has 4 heteroatoms. The van der Waals surface area contributed by atoms with Crippen LogP contribution in [0.1, 0.15) is 52.7 Å². The Morgan fingerprint density at radius 2 is 1.65 bits per heavy atom. The Labute approximate surface area is 169 Å². The monoisotopic (exact) mass is 530 g/mol. The molecule has 1 aromatic carbocycles. The van der Waals surface area contributed by atoms with Crippen molar-refractivity contribution in [3.8, 4) is 11.3 Å². The Hall–Kier alpha value is -1.77. The Balaban J connectivity index is 0.000000366. The van der Waals surface area contributed by atoms with Gasteiger partial charge in [-0.1, -0.05) is 39.3 Å². The summed E-state index contributed by atoms with van der Waals surface area (Å²) in [6.07, 6.45) is 3.15. The van der Waals surface area contributed by atoms with Crippen molar-refractivity contribution >= 4 is 5.78 Å². The first-order valence-electron chi connectivity index (χ1n) is 8.46. The molecule has 0 fully saturated rings. The predicted octanol–water partition coefficient (Wildman–Crippen LogP) is 5.13. The Bertz CT molecular complexity index is 763. The molecule has 26 heavy (non-hydrogen) atoms. The van der Waals surface area contributed by atoms with Gasteiger partial charge in [-0.05, 0) is 29.5 Å². The number of aromatic nitrogens is 1. The van der Waals surface area contributed by atoms with Gasteiger partial charge in [0.2, 0.25) is 0 Å². The van der Waals surface area contributed by atoms with Gasteiger partial charge in [-0.2, -0.15) is 0 Å². The molecule has 2 aromatic rings. The molecule has 141 valence electrons. The standard InChI is InChI=1S/C17H18N.C5H8O2.Ir/c1-16(2)13-9-6-5-8-12(13)15-14(17(16,3)4)10-7-11-18-15;1-4(6)3-5(2)7;/h5-7,9-11H,1-4H3;3,6H,1-2H3;/q-1;;/p+1/b;4-3-;. The van der Waals surface area contributed by atoms with E-state index in [9.17, 15) is 0 Å². The molecule has 0 aliphatic heterocycles. The van der Waals surface area contributed by atoms with Crippen LogP contribution in [0.4, 0.5) is 0 Å². The van der Waals surface area contributed by atoms with Crippen molar-refractivity contribution in [1.82, 2.24) is 4.98 Å². The molecule has 1 aromatic heterocycles. The summed E-state index contributed by atoms with van der Waals surface area (Å²) in [4.78, 5) is 13.0. The molecule has 2 N–H and O–H groups in total. The number of allylic oxidation sites excluding steroid dienone is 2. The van der Waals surface area contributed by atoms with E-state index in [1.807, 2.05) is 18.3 Å². The van der Waals surface area contributed by atoms with Crippen LogP contribution in [-0.4, -0.2) is 20.7 Å². The van der Waals surface area contributed by atoms with Crippen LogP contribution in [0.2, 0.25) is 0 Å². The smallest absolute Gasteiger partial charge is 0.316 e. The van der Waals surface area contributed by atoms with Gasteiger partial charge in [0, 0.05) is 26.3 Å². The zero-order chi connectivity index (χ0) is 18.8. The van der Waals surface area contributed by atoms with Crippen LogP contribution in [-0.2, 0) is 30.9 Å². The maximum Gasteiger partial charge on any atom is 0.316 e. The number of rotatable bonds is 1. The van der Waals surface area contributed by atoms with Crippen LogP contribution >= 0.6 is 0 Å². The minimum atomic E-state index is 0. The maximum atomic E-state index is 8.40. The molecule has 0 bridgehead atoms. The van der Waals surface area contributed by atoms with Gasteiger partial charge in [-0.25, -0.2) is 0 Å². The summed E-state index contributed by atoms with van der Waals surface area (Å²) < 4.78 is 0. The largest absolute Gasteiger partial charge is 0.512 e. The van der Waals surface area contributed by atoms with E-state index >= 15 is 0 Å². The van der Waals surface area contributed by atoms with E-state index in [0.717, 1.165) is 11.3 Å². The number of fused-ring (bicyclic) bond motifs is 3. The zero-order valence-corrected chi connectivity index (χ0v) is 18.6. The molecule has 0 unspecified atom stereocenters. The summed E-state index contributed by atoms with van der Waals surface area (Å²) in [7, 11) is 0. The number of nitrogens with zero attached hydrogens (tertiary/aromatic N) is 1. The predicted molar refractivity (Wildman–Crippen MR) is 104 cm³/mol. The number of ketones is 1. The molecular formula is C22H27IrNO2. The average molecular weight is 530 g/mol. The van der Waals surface area contributed by atoms with Crippen LogP contribution < -0.4 is 0 Å². The Kier molecular flexibility index (Phi) is 7.09. The number of hydrogen-bond donors (Lipinski definition) is 1. The molecule has 0 saturated carbocycles. The van der Waals surface area contributed by atoms with Gasteiger partial charge in [0.15, 0.2) is 0 Å². The van der Waals surface area contributed by atoms with E-state index in [1.165, 1.54) is 31.1 Å². The molecule has 1 heterocycles. The number of benzene rings is 1. The van der Waals surface area contributed by atoms with Crippen LogP contribution in [0, 0.1) is 6.07 Å². The SMILES string of the molecule is CC(=[OH+])/C=C(/C)O.CC1(C)c2ccc[c-]c2-c2ncccc2C1(C)C.[Ir]. The van der Waals surface area contributed by atoms with E-state index in [1.54, 1.807) is 0 Å². The number of pyridine rings is 1. The van der Waals surface area contributed by atoms with Gasteiger partial charge in [0.25, 0.3) is 0 Å². The summed E-state index contributed by atoms with van der Waals surface area (Å²) in [5.74, 6) is 0.250. The molecule has 3 nitrogen and oxygen atoms in total. The summed E-state index contributed by atoms with van der Waals surface area (Å²) >= 11 is 0. The van der Waals surface area contributed by atoms with Crippen molar-refractivity contribution in [3.05, 3.63) is 65.6 Å². The fraction of sp³-hybridized carbons (Fsp3) is 0.364. The fourth-order valence-electron chi connectivity index (χ4n) is 3.24. The molecule has 1 radical (unpaired) electrons. The molecule has 0 saturated heterocycles. The van der Waals surface area contributed by atoms with E-state index in [4.69, 9.17) is 9.90 Å². The molecule has 0 atom stereocenters. The summed E-state index contributed by atoms with van der Waals surface area (Å²) in [6.45, 7) is 12.2. The topological polar surface area (TPSA) is 54.5 Å². The molecule has 0 amide bonds. The fourth-order valence-corrected chi connectivity index (χ4v) is 3.24. The quantitative estimate of drug-likeness (QED) is 0.241. The third-order valence-electron chi connectivity index (χ3n) is 5.23. The summed E-state index contributed by atoms with van der Waals surface area (Å²) in [5.41, 5.74) is 5.08. The van der Waals surface area contributed by atoms with Crippen molar-refractivity contribution in [3.63, 3.8) is 0 Å². The maximum absolute atomic E-state index is 8.40. The molecule has 1 aliphatic rings. The zero-order valence-electron chi connectivity index (χ0n) is 16.2. The van der Waals surface area contributed by atoms with Crippen molar-refractivity contribution in [1.29, 1.82) is 0 Å². The number of aliphatic hydroxyl groups is 1. The second-order valence-corrected chi connectivity index (χ2v) is 7.54. The van der Waals surface area contributed by atoms with E-state index in [0.29, 0.717) is 0 Å². The van der Waals surface area contributed by atoms with Gasteiger partial charge in [-0.15, -0.1) is 35.4 Å². The van der Waals surface area contributed by atoms with Crippen molar-refractivity contribution < 1.29 is 30.0 Å². The van der Waals surface area contributed by atoms with E-state index in [-0.39, 0.29) is 42.5 Å². The third-order valence-corrected chi connectivity index (χ3v) is 5.23. The van der Waals surface area contributed by atoms with Gasteiger partial charge in [0.05, 0.1) is 18.8 Å². The van der Waals surface area contributed by atoms with Crippen molar-refractivity contribution in [2.75, 3.05) is 0 Å². The molecular weight excluding hydrogens is 502 g/mol. The van der Waals surface area contributed by atoms with Crippen LogP contribution in [0.25, 0.3) is 11.3 Å². The van der Waals surface area contributed by atoms with Crippen LogP contribution in [0.15, 0.2) is 48.4 Å². The molecule has 0 spiro atoms. The van der Waals surface area contributed by atoms with Gasteiger partial charge in [0.1, 0.15) is 0 Å². The summed E-state index contributed by atoms with van der Waals surface area (Å²) in [5, 5.41) is 8.40. The Morgan fingerprint density at radius 3 is 2.19 bits per heavy atom. The Morgan fingerprint density at radius 1 is 1.08 bits per heavy atom. The molecule has 3 rings (SSSR count). The first-order chi connectivity index (χ1) is 11.6.